The molecule has 0 radical (unpaired) electrons. The summed E-state index contributed by atoms with van der Waals surface area (Å²) < 4.78 is 1.14. The van der Waals surface area contributed by atoms with Crippen molar-refractivity contribution in [1.82, 2.24) is 0 Å². The van der Waals surface area contributed by atoms with E-state index in [-0.39, 0.29) is 0 Å². The van der Waals surface area contributed by atoms with E-state index in [2.05, 4.69) is 46.4 Å². The number of hydrogen-bond acceptors (Lipinski definition) is 2. The Morgan fingerprint density at radius 1 is 1.43 bits per heavy atom. The van der Waals surface area contributed by atoms with Gasteiger partial charge in [0.1, 0.15) is 0 Å². The van der Waals surface area contributed by atoms with E-state index in [0.717, 1.165) is 17.3 Å². The summed E-state index contributed by atoms with van der Waals surface area (Å²) in [5.74, 6) is 0. The van der Waals surface area contributed by atoms with Gasteiger partial charge in [0.25, 0.3) is 0 Å². The largest absolute Gasteiger partial charge is 0.381 e. The van der Waals surface area contributed by atoms with Crippen LogP contribution >= 0.6 is 15.9 Å². The molecular formula is C11H15BrN2. The molecular weight excluding hydrogens is 240 g/mol. The first-order chi connectivity index (χ1) is 6.65. The maximum Gasteiger partial charge on any atom is 0.0486 e. The molecule has 1 aromatic carbocycles. The second kappa shape index (κ2) is 3.91. The number of hydrogen-bond donors (Lipinski definition) is 2. The number of nitrogens with one attached hydrogen (secondary N) is 1. The lowest BCUT2D eigenvalue weighted by atomic mass is 9.87. The Kier molecular flexibility index (Phi) is 2.79. The molecule has 2 rings (SSSR count). The molecule has 0 spiro atoms. The van der Waals surface area contributed by atoms with Crippen LogP contribution in [0.1, 0.15) is 18.4 Å². The topological polar surface area (TPSA) is 38.0 Å². The van der Waals surface area contributed by atoms with E-state index in [1.54, 1.807) is 0 Å². The zero-order chi connectivity index (χ0) is 10.1. The first-order valence-electron chi connectivity index (χ1n) is 4.93. The second-order valence-electron chi connectivity index (χ2n) is 4.06. The van der Waals surface area contributed by atoms with E-state index in [9.17, 15) is 0 Å². The maximum absolute atomic E-state index is 5.73. The molecule has 1 fully saturated rings. The SMILES string of the molecule is Cc1ccc(NC2CC(N)C2)c(Br)c1. The van der Waals surface area contributed by atoms with Crippen LogP contribution in [0.4, 0.5) is 5.69 Å². The average Bonchev–Trinajstić information content (AvgIpc) is 2.06. The fraction of sp³-hybridized carbons (Fsp3) is 0.455. The number of benzene rings is 1. The van der Waals surface area contributed by atoms with Gasteiger partial charge in [-0.2, -0.15) is 0 Å². The van der Waals surface area contributed by atoms with Crippen molar-refractivity contribution in [3.05, 3.63) is 28.2 Å². The van der Waals surface area contributed by atoms with Crippen LogP contribution in [-0.4, -0.2) is 12.1 Å². The van der Waals surface area contributed by atoms with Crippen LogP contribution in [0.3, 0.4) is 0 Å². The molecule has 14 heavy (non-hydrogen) atoms. The fourth-order valence-corrected chi connectivity index (χ4v) is 2.34. The van der Waals surface area contributed by atoms with Crippen molar-refractivity contribution in [3.8, 4) is 0 Å². The van der Waals surface area contributed by atoms with E-state index in [4.69, 9.17) is 5.73 Å². The van der Waals surface area contributed by atoms with Gasteiger partial charge in [0, 0.05) is 22.2 Å². The van der Waals surface area contributed by atoms with Crippen LogP contribution in [0.15, 0.2) is 22.7 Å². The van der Waals surface area contributed by atoms with Crippen molar-refractivity contribution in [2.75, 3.05) is 5.32 Å². The van der Waals surface area contributed by atoms with Gasteiger partial charge in [-0.25, -0.2) is 0 Å². The van der Waals surface area contributed by atoms with Gasteiger partial charge in [0.05, 0.1) is 0 Å². The number of rotatable bonds is 2. The van der Waals surface area contributed by atoms with Crippen LogP contribution in [0.2, 0.25) is 0 Å². The van der Waals surface area contributed by atoms with E-state index < -0.39 is 0 Å². The first kappa shape index (κ1) is 9.99. The molecule has 0 atom stereocenters. The van der Waals surface area contributed by atoms with Crippen molar-refractivity contribution >= 4 is 21.6 Å². The second-order valence-corrected chi connectivity index (χ2v) is 4.91. The summed E-state index contributed by atoms with van der Waals surface area (Å²) in [7, 11) is 0. The molecule has 0 heterocycles. The highest BCUT2D eigenvalue weighted by Crippen LogP contribution is 2.28. The minimum atomic E-state index is 0.400. The standard InChI is InChI=1S/C11H15BrN2/c1-7-2-3-11(10(12)4-7)14-9-5-8(13)6-9/h2-4,8-9,14H,5-6,13H2,1H3. The van der Waals surface area contributed by atoms with Crippen LogP contribution in [0.5, 0.6) is 0 Å². The predicted octanol–water partition coefficient (Wildman–Crippen LogP) is 2.66. The van der Waals surface area contributed by atoms with Gasteiger partial charge in [-0.3, -0.25) is 0 Å². The molecule has 0 aromatic heterocycles. The molecule has 2 nitrogen and oxygen atoms in total. The Morgan fingerprint density at radius 2 is 2.14 bits per heavy atom. The number of aryl methyl sites for hydroxylation is 1. The van der Waals surface area contributed by atoms with Gasteiger partial charge in [-0.1, -0.05) is 6.07 Å². The summed E-state index contributed by atoms with van der Waals surface area (Å²) in [5.41, 5.74) is 8.18. The van der Waals surface area contributed by atoms with Crippen LogP contribution in [0, 0.1) is 6.92 Å². The minimum Gasteiger partial charge on any atom is -0.381 e. The summed E-state index contributed by atoms with van der Waals surface area (Å²) in [5, 5.41) is 3.48. The van der Waals surface area contributed by atoms with Gasteiger partial charge >= 0.3 is 0 Å². The first-order valence-corrected chi connectivity index (χ1v) is 5.73. The number of anilines is 1. The lowest BCUT2D eigenvalue weighted by molar-refractivity contribution is 0.373. The zero-order valence-electron chi connectivity index (χ0n) is 8.26. The molecule has 1 aromatic rings. The number of halogens is 1. The minimum absolute atomic E-state index is 0.400. The number of nitrogens with two attached hydrogens (primary N) is 1. The molecule has 0 amide bonds. The van der Waals surface area contributed by atoms with Gasteiger partial charge in [-0.15, -0.1) is 0 Å². The molecule has 1 saturated carbocycles. The third-order valence-corrected chi connectivity index (χ3v) is 3.31. The molecule has 3 heteroatoms. The molecule has 0 saturated heterocycles. The van der Waals surface area contributed by atoms with Crippen molar-refractivity contribution < 1.29 is 0 Å². The molecule has 0 unspecified atom stereocenters. The van der Waals surface area contributed by atoms with Crippen LogP contribution < -0.4 is 11.1 Å². The quantitative estimate of drug-likeness (QED) is 0.852. The van der Waals surface area contributed by atoms with E-state index in [1.165, 1.54) is 11.3 Å². The van der Waals surface area contributed by atoms with Crippen molar-refractivity contribution in [1.29, 1.82) is 0 Å². The highest BCUT2D eigenvalue weighted by molar-refractivity contribution is 9.10. The lowest BCUT2D eigenvalue weighted by Gasteiger charge is -2.34. The average molecular weight is 255 g/mol. The van der Waals surface area contributed by atoms with E-state index in [0.29, 0.717) is 12.1 Å². The van der Waals surface area contributed by atoms with Gasteiger partial charge in [0.15, 0.2) is 0 Å². The predicted molar refractivity (Wildman–Crippen MR) is 63.5 cm³/mol. The molecule has 1 aliphatic carbocycles. The van der Waals surface area contributed by atoms with Crippen molar-refractivity contribution in [3.63, 3.8) is 0 Å². The Balaban J connectivity index is 2.02. The van der Waals surface area contributed by atoms with Gasteiger partial charge in [-0.05, 0) is 53.4 Å². The maximum atomic E-state index is 5.73. The fourth-order valence-electron chi connectivity index (χ4n) is 1.74. The summed E-state index contributed by atoms with van der Waals surface area (Å²) >= 11 is 3.55. The highest BCUT2D eigenvalue weighted by atomic mass is 79.9. The molecule has 1 aliphatic rings. The van der Waals surface area contributed by atoms with Crippen LogP contribution in [0.25, 0.3) is 0 Å². The Hall–Kier alpha value is -0.540. The van der Waals surface area contributed by atoms with Crippen molar-refractivity contribution in [2.45, 2.75) is 31.8 Å². The third kappa shape index (κ3) is 2.10. The molecule has 76 valence electrons. The molecule has 0 aliphatic heterocycles. The van der Waals surface area contributed by atoms with E-state index >= 15 is 0 Å². The summed E-state index contributed by atoms with van der Waals surface area (Å²) in [6.07, 6.45) is 2.17. The van der Waals surface area contributed by atoms with Gasteiger partial charge < -0.3 is 11.1 Å². The van der Waals surface area contributed by atoms with E-state index in [1.807, 2.05) is 0 Å². The molecule has 0 bridgehead atoms. The monoisotopic (exact) mass is 254 g/mol. The Bertz CT molecular complexity index is 332. The smallest absolute Gasteiger partial charge is 0.0486 e. The van der Waals surface area contributed by atoms with Gasteiger partial charge in [0.2, 0.25) is 0 Å². The summed E-state index contributed by atoms with van der Waals surface area (Å²) in [6, 6.07) is 7.32. The lowest BCUT2D eigenvalue weighted by Crippen LogP contribution is -2.44. The molecule has 3 N–H and O–H groups in total. The highest BCUT2D eigenvalue weighted by Gasteiger charge is 2.25. The Morgan fingerprint density at radius 3 is 2.71 bits per heavy atom. The normalized spacial score (nSPS) is 25.6. The summed E-state index contributed by atoms with van der Waals surface area (Å²) in [6.45, 7) is 2.09. The van der Waals surface area contributed by atoms with Crippen molar-refractivity contribution in [2.24, 2.45) is 5.73 Å². The summed E-state index contributed by atoms with van der Waals surface area (Å²) in [4.78, 5) is 0. The zero-order valence-corrected chi connectivity index (χ0v) is 9.84. The van der Waals surface area contributed by atoms with Crippen LogP contribution in [-0.2, 0) is 0 Å². The Labute approximate surface area is 93.0 Å². The third-order valence-electron chi connectivity index (χ3n) is 2.66.